The van der Waals surface area contributed by atoms with Crippen molar-refractivity contribution in [1.82, 2.24) is 0 Å². The summed E-state index contributed by atoms with van der Waals surface area (Å²) in [5, 5.41) is 9.72. The molecule has 1 aliphatic rings. The zero-order chi connectivity index (χ0) is 8.81. The maximum absolute atomic E-state index is 9.72. The number of hydrogen-bond acceptors (Lipinski definition) is 1. The highest BCUT2D eigenvalue weighted by atomic mass is 16.3. The highest BCUT2D eigenvalue weighted by molar-refractivity contribution is 4.94. The molecule has 0 unspecified atom stereocenters. The van der Waals surface area contributed by atoms with E-state index >= 15 is 0 Å². The topological polar surface area (TPSA) is 20.2 Å². The Balaban J connectivity index is 2.35. The first-order chi connectivity index (χ1) is 5.84. The fraction of sp³-hybridized carbons (Fsp3) is 0.818. The van der Waals surface area contributed by atoms with Crippen molar-refractivity contribution >= 4 is 0 Å². The summed E-state index contributed by atoms with van der Waals surface area (Å²) < 4.78 is 0. The van der Waals surface area contributed by atoms with Gasteiger partial charge in [-0.15, -0.1) is 0 Å². The van der Waals surface area contributed by atoms with Crippen LogP contribution in [0.2, 0.25) is 0 Å². The van der Waals surface area contributed by atoms with Crippen LogP contribution >= 0.6 is 0 Å². The van der Waals surface area contributed by atoms with Gasteiger partial charge in [0.05, 0.1) is 6.10 Å². The number of unbranched alkanes of at least 4 members (excludes halogenated alkanes) is 1. The van der Waals surface area contributed by atoms with Gasteiger partial charge in [0, 0.05) is 5.92 Å². The maximum Gasteiger partial charge on any atom is 0.0602 e. The summed E-state index contributed by atoms with van der Waals surface area (Å²) in [6.45, 7) is 2.20. The average Bonchev–Trinajstić information content (AvgIpc) is 2.27. The van der Waals surface area contributed by atoms with Gasteiger partial charge in [0.15, 0.2) is 0 Å². The van der Waals surface area contributed by atoms with Crippen LogP contribution < -0.4 is 0 Å². The highest BCUT2D eigenvalue weighted by Crippen LogP contribution is 2.22. The predicted octanol–water partition coefficient (Wildman–Crippen LogP) is 2.89. The van der Waals surface area contributed by atoms with Crippen molar-refractivity contribution in [2.24, 2.45) is 5.92 Å². The number of rotatable bonds is 3. The van der Waals surface area contributed by atoms with Crippen molar-refractivity contribution < 1.29 is 5.11 Å². The minimum absolute atomic E-state index is 0.0738. The third-order valence-electron chi connectivity index (χ3n) is 2.64. The number of allylic oxidation sites excluding steroid dienone is 1. The molecule has 0 aliphatic heterocycles. The van der Waals surface area contributed by atoms with Crippen molar-refractivity contribution in [2.75, 3.05) is 0 Å². The smallest absolute Gasteiger partial charge is 0.0602 e. The first-order valence-corrected chi connectivity index (χ1v) is 5.19. The second-order valence-electron chi connectivity index (χ2n) is 3.73. The Morgan fingerprint density at radius 3 is 3.08 bits per heavy atom. The van der Waals surface area contributed by atoms with Crippen LogP contribution in [-0.4, -0.2) is 11.2 Å². The van der Waals surface area contributed by atoms with E-state index in [0.717, 1.165) is 25.7 Å². The van der Waals surface area contributed by atoms with Gasteiger partial charge in [0.1, 0.15) is 0 Å². The Hall–Kier alpha value is -0.300. The molecule has 70 valence electrons. The number of aliphatic hydroxyl groups excluding tert-OH is 1. The van der Waals surface area contributed by atoms with Crippen LogP contribution in [-0.2, 0) is 0 Å². The minimum Gasteiger partial charge on any atom is -0.393 e. The molecule has 0 amide bonds. The predicted molar refractivity (Wildman–Crippen MR) is 52.0 cm³/mol. The molecule has 1 aliphatic carbocycles. The second kappa shape index (κ2) is 5.36. The molecule has 1 heteroatoms. The normalized spacial score (nSPS) is 30.2. The second-order valence-corrected chi connectivity index (χ2v) is 3.73. The molecule has 0 saturated carbocycles. The van der Waals surface area contributed by atoms with E-state index < -0.39 is 0 Å². The molecule has 0 heterocycles. The van der Waals surface area contributed by atoms with Crippen molar-refractivity contribution in [2.45, 2.75) is 51.6 Å². The lowest BCUT2D eigenvalue weighted by atomic mass is 9.94. The lowest BCUT2D eigenvalue weighted by molar-refractivity contribution is 0.116. The van der Waals surface area contributed by atoms with Gasteiger partial charge in [0.2, 0.25) is 0 Å². The third kappa shape index (κ3) is 2.98. The molecule has 1 N–H and O–H groups in total. The Bertz CT molecular complexity index is 140. The number of aliphatic hydroxyl groups is 1. The van der Waals surface area contributed by atoms with E-state index in [4.69, 9.17) is 0 Å². The van der Waals surface area contributed by atoms with Gasteiger partial charge in [-0.05, 0) is 25.7 Å². The Morgan fingerprint density at radius 1 is 1.50 bits per heavy atom. The molecule has 12 heavy (non-hydrogen) atoms. The van der Waals surface area contributed by atoms with E-state index in [2.05, 4.69) is 19.1 Å². The summed E-state index contributed by atoms with van der Waals surface area (Å²) in [4.78, 5) is 0. The van der Waals surface area contributed by atoms with E-state index in [1.165, 1.54) is 12.8 Å². The Labute approximate surface area is 75.5 Å². The molecular weight excluding hydrogens is 148 g/mol. The first kappa shape index (κ1) is 9.79. The van der Waals surface area contributed by atoms with Crippen LogP contribution in [0, 0.1) is 5.92 Å². The summed E-state index contributed by atoms with van der Waals surface area (Å²) in [5.74, 6) is 0.437. The van der Waals surface area contributed by atoms with Crippen LogP contribution in [0.25, 0.3) is 0 Å². The molecule has 0 saturated heterocycles. The van der Waals surface area contributed by atoms with E-state index in [-0.39, 0.29) is 6.10 Å². The molecule has 1 rings (SSSR count). The summed E-state index contributed by atoms with van der Waals surface area (Å²) in [6, 6.07) is 0. The van der Waals surface area contributed by atoms with E-state index in [1.807, 2.05) is 0 Å². The third-order valence-corrected chi connectivity index (χ3v) is 2.64. The minimum atomic E-state index is -0.0738. The van der Waals surface area contributed by atoms with Crippen LogP contribution in [0.5, 0.6) is 0 Å². The Kier molecular flexibility index (Phi) is 4.37. The number of hydrogen-bond donors (Lipinski definition) is 1. The van der Waals surface area contributed by atoms with Crippen molar-refractivity contribution in [3.8, 4) is 0 Å². The van der Waals surface area contributed by atoms with Gasteiger partial charge < -0.3 is 5.11 Å². The fourth-order valence-corrected chi connectivity index (χ4v) is 1.79. The summed E-state index contributed by atoms with van der Waals surface area (Å²) in [5.41, 5.74) is 0. The van der Waals surface area contributed by atoms with Gasteiger partial charge in [-0.1, -0.05) is 31.9 Å². The van der Waals surface area contributed by atoms with Crippen LogP contribution in [0.15, 0.2) is 12.2 Å². The molecule has 0 spiro atoms. The van der Waals surface area contributed by atoms with Crippen LogP contribution in [0.3, 0.4) is 0 Å². The van der Waals surface area contributed by atoms with E-state index in [0.29, 0.717) is 5.92 Å². The lowest BCUT2D eigenvalue weighted by Crippen LogP contribution is -2.17. The quantitative estimate of drug-likeness (QED) is 0.642. The van der Waals surface area contributed by atoms with E-state index in [1.54, 1.807) is 0 Å². The van der Waals surface area contributed by atoms with Crippen molar-refractivity contribution in [1.29, 1.82) is 0 Å². The first-order valence-electron chi connectivity index (χ1n) is 5.19. The largest absolute Gasteiger partial charge is 0.393 e. The molecular formula is C11H20O. The zero-order valence-electron chi connectivity index (χ0n) is 8.00. The summed E-state index contributed by atoms with van der Waals surface area (Å²) in [6.07, 6.45) is 11.3. The molecule has 2 atom stereocenters. The lowest BCUT2D eigenvalue weighted by Gasteiger charge is -2.17. The molecule has 0 aromatic rings. The monoisotopic (exact) mass is 168 g/mol. The van der Waals surface area contributed by atoms with Crippen molar-refractivity contribution in [3.63, 3.8) is 0 Å². The summed E-state index contributed by atoms with van der Waals surface area (Å²) in [7, 11) is 0. The molecule has 0 bridgehead atoms. The van der Waals surface area contributed by atoms with Gasteiger partial charge >= 0.3 is 0 Å². The van der Waals surface area contributed by atoms with Crippen LogP contribution in [0.4, 0.5) is 0 Å². The molecule has 1 nitrogen and oxygen atoms in total. The van der Waals surface area contributed by atoms with Gasteiger partial charge in [-0.3, -0.25) is 0 Å². The Morgan fingerprint density at radius 2 is 2.33 bits per heavy atom. The molecule has 0 aromatic heterocycles. The summed E-state index contributed by atoms with van der Waals surface area (Å²) >= 11 is 0. The zero-order valence-corrected chi connectivity index (χ0v) is 8.00. The molecule has 0 aromatic carbocycles. The standard InChI is InChI=1S/C11H20O/c1-2-3-7-10-8-5-4-6-9-11(10)12/h5,8,10-12H,2-4,6-7,9H2,1H3/t10-,11-/m0/s1. The SMILES string of the molecule is CCCC[C@H]1C=CCCC[C@@H]1O. The van der Waals surface area contributed by atoms with Gasteiger partial charge in [-0.2, -0.15) is 0 Å². The van der Waals surface area contributed by atoms with Gasteiger partial charge in [-0.25, -0.2) is 0 Å². The highest BCUT2D eigenvalue weighted by Gasteiger charge is 2.16. The fourth-order valence-electron chi connectivity index (χ4n) is 1.79. The van der Waals surface area contributed by atoms with Crippen molar-refractivity contribution in [3.05, 3.63) is 12.2 Å². The van der Waals surface area contributed by atoms with E-state index in [9.17, 15) is 5.11 Å². The molecule has 0 radical (unpaired) electrons. The van der Waals surface area contributed by atoms with Crippen LogP contribution in [0.1, 0.15) is 45.4 Å². The average molecular weight is 168 g/mol. The van der Waals surface area contributed by atoms with Gasteiger partial charge in [0.25, 0.3) is 0 Å². The maximum atomic E-state index is 9.72. The molecule has 0 fully saturated rings.